The molecular weight excluding hydrogens is 485 g/mol. The fraction of sp³-hybridized carbons (Fsp3) is 0.0833. The zero-order valence-corrected chi connectivity index (χ0v) is 20.1. The zero-order valence-electron chi connectivity index (χ0n) is 18.5. The number of hydrogen-bond acceptors (Lipinski definition) is 10. The van der Waals surface area contributed by atoms with Crippen molar-refractivity contribution in [2.75, 3.05) is 7.05 Å². The number of pyridine rings is 2. The molecule has 0 spiro atoms. The van der Waals surface area contributed by atoms with Crippen LogP contribution in [0.5, 0.6) is 11.5 Å². The second-order valence-electron chi connectivity index (χ2n) is 6.96. The molecule has 176 valence electrons. The lowest BCUT2D eigenvalue weighted by Gasteiger charge is -2.15. The van der Waals surface area contributed by atoms with Crippen molar-refractivity contribution in [3.63, 3.8) is 0 Å². The average Bonchev–Trinajstić information content (AvgIpc) is 3.41. The third kappa shape index (κ3) is 5.99. The monoisotopic (exact) mass is 505 g/mol. The van der Waals surface area contributed by atoms with Crippen LogP contribution in [0.25, 0.3) is 11.3 Å². The molecule has 0 saturated heterocycles. The van der Waals surface area contributed by atoms with E-state index in [0.29, 0.717) is 39.7 Å². The molecule has 1 atom stereocenters. The Bertz CT molecular complexity index is 1350. The van der Waals surface area contributed by atoms with E-state index in [2.05, 4.69) is 31.1 Å². The van der Waals surface area contributed by atoms with E-state index in [4.69, 9.17) is 10.5 Å². The lowest BCUT2D eigenvalue weighted by atomic mass is 10.1. The maximum atomic E-state index is 13.7. The molecule has 3 heterocycles. The second-order valence-corrected chi connectivity index (χ2v) is 8.88. The SMILES string of the molecule is CN=C(C=CN)c1nc(-c2ccnc(F)c2)ccc1Oc1ccc(SNC2NC=CS2)cc1C#N. The van der Waals surface area contributed by atoms with Gasteiger partial charge in [0.25, 0.3) is 0 Å². The highest BCUT2D eigenvalue weighted by Gasteiger charge is 2.16. The summed E-state index contributed by atoms with van der Waals surface area (Å²) in [5, 5.41) is 14.9. The van der Waals surface area contributed by atoms with Crippen LogP contribution < -0.4 is 20.5 Å². The van der Waals surface area contributed by atoms with Gasteiger partial charge in [-0.2, -0.15) is 9.65 Å². The number of benzene rings is 1. The predicted molar refractivity (Wildman–Crippen MR) is 137 cm³/mol. The van der Waals surface area contributed by atoms with E-state index in [1.54, 1.807) is 55.2 Å². The number of halogens is 1. The molecule has 8 nitrogen and oxygen atoms in total. The lowest BCUT2D eigenvalue weighted by Crippen LogP contribution is -2.28. The van der Waals surface area contributed by atoms with Crippen LogP contribution in [-0.4, -0.2) is 28.2 Å². The number of aromatic nitrogens is 2. The van der Waals surface area contributed by atoms with Crippen LogP contribution in [0.15, 0.2) is 82.4 Å². The van der Waals surface area contributed by atoms with Gasteiger partial charge in [0.1, 0.15) is 23.0 Å². The third-order valence-electron chi connectivity index (χ3n) is 4.72. The quantitative estimate of drug-likeness (QED) is 0.230. The number of nitrogens with zero attached hydrogens (tertiary/aromatic N) is 4. The minimum absolute atomic E-state index is 0.0600. The van der Waals surface area contributed by atoms with E-state index >= 15 is 0 Å². The van der Waals surface area contributed by atoms with Gasteiger partial charge in [0.15, 0.2) is 5.75 Å². The Morgan fingerprint density at radius 2 is 2.17 bits per heavy atom. The molecule has 1 aliphatic rings. The molecule has 3 aromatic rings. The molecule has 0 radical (unpaired) electrons. The summed E-state index contributed by atoms with van der Waals surface area (Å²) in [6.07, 6.45) is 6.18. The Kier molecular flexibility index (Phi) is 7.99. The third-order valence-corrected chi connectivity index (χ3v) is 6.54. The van der Waals surface area contributed by atoms with Gasteiger partial charge in [-0.15, -0.1) is 0 Å². The summed E-state index contributed by atoms with van der Waals surface area (Å²) < 4.78 is 23.1. The molecule has 1 aliphatic heterocycles. The maximum absolute atomic E-state index is 13.7. The summed E-state index contributed by atoms with van der Waals surface area (Å²) in [6.45, 7) is 0. The molecular formula is C24H20FN7OS2. The standard InChI is InChI=1S/C24H20FN7OS2/c1-28-19(6-8-26)23-21(5-3-18(31-23)15-7-9-29-22(25)13-15)33-20-4-2-17(12-16(20)14-27)35-32-24-30-10-11-34-24/h2-13,24,30,32H,26H2,1H3. The molecule has 0 aliphatic carbocycles. The summed E-state index contributed by atoms with van der Waals surface area (Å²) >= 11 is 3.03. The van der Waals surface area contributed by atoms with Crippen molar-refractivity contribution in [2.24, 2.45) is 10.7 Å². The molecule has 0 amide bonds. The minimum Gasteiger partial charge on any atom is -0.454 e. The van der Waals surface area contributed by atoms with Crippen molar-refractivity contribution in [1.29, 1.82) is 5.26 Å². The number of aliphatic imine (C=N–C) groups is 1. The van der Waals surface area contributed by atoms with Crippen molar-refractivity contribution in [1.82, 2.24) is 20.0 Å². The topological polar surface area (TPSA) is 121 Å². The number of rotatable bonds is 8. The van der Waals surface area contributed by atoms with E-state index in [9.17, 15) is 9.65 Å². The molecule has 4 rings (SSSR count). The van der Waals surface area contributed by atoms with Crippen LogP contribution in [0.1, 0.15) is 11.3 Å². The van der Waals surface area contributed by atoms with Crippen molar-refractivity contribution in [3.05, 3.63) is 89.8 Å². The molecule has 2 aromatic heterocycles. The first-order valence-electron chi connectivity index (χ1n) is 10.3. The molecule has 1 unspecified atom stereocenters. The van der Waals surface area contributed by atoms with E-state index < -0.39 is 5.95 Å². The predicted octanol–water partition coefficient (Wildman–Crippen LogP) is 4.53. The second kappa shape index (κ2) is 11.5. The molecule has 11 heteroatoms. The van der Waals surface area contributed by atoms with E-state index in [1.807, 2.05) is 17.7 Å². The number of hydrogen-bond donors (Lipinski definition) is 3. The Morgan fingerprint density at radius 1 is 1.31 bits per heavy atom. The van der Waals surface area contributed by atoms with Crippen LogP contribution in [-0.2, 0) is 0 Å². The van der Waals surface area contributed by atoms with Crippen LogP contribution in [0.4, 0.5) is 4.39 Å². The largest absolute Gasteiger partial charge is 0.454 e. The summed E-state index contributed by atoms with van der Waals surface area (Å²) in [5.41, 5.74) is 7.93. The number of allylic oxidation sites excluding steroid dienone is 1. The first kappa shape index (κ1) is 24.3. The highest BCUT2D eigenvalue weighted by Crippen LogP contribution is 2.32. The van der Waals surface area contributed by atoms with Gasteiger partial charge in [0.2, 0.25) is 5.95 Å². The van der Waals surface area contributed by atoms with Crippen molar-refractivity contribution in [2.45, 2.75) is 10.4 Å². The van der Waals surface area contributed by atoms with Gasteiger partial charge < -0.3 is 15.8 Å². The van der Waals surface area contributed by atoms with Gasteiger partial charge in [-0.1, -0.05) is 11.8 Å². The summed E-state index contributed by atoms with van der Waals surface area (Å²) in [6, 6.07) is 13.9. The zero-order chi connectivity index (χ0) is 24.6. The average molecular weight is 506 g/mol. The Morgan fingerprint density at radius 3 is 2.89 bits per heavy atom. The van der Waals surface area contributed by atoms with Gasteiger partial charge in [0, 0.05) is 36.0 Å². The summed E-state index contributed by atoms with van der Waals surface area (Å²) in [7, 11) is 1.60. The molecule has 0 saturated carbocycles. The van der Waals surface area contributed by atoms with Gasteiger partial charge in [-0.05, 0) is 66.0 Å². The number of thioether (sulfide) groups is 1. The van der Waals surface area contributed by atoms with Crippen LogP contribution in [0.3, 0.4) is 0 Å². The molecule has 1 aromatic carbocycles. The van der Waals surface area contributed by atoms with E-state index in [0.717, 1.165) is 4.90 Å². The highest BCUT2D eigenvalue weighted by atomic mass is 32.2. The first-order valence-corrected chi connectivity index (χ1v) is 12.1. The van der Waals surface area contributed by atoms with Gasteiger partial charge in [-0.25, -0.2) is 14.7 Å². The fourth-order valence-electron chi connectivity index (χ4n) is 3.12. The first-order chi connectivity index (χ1) is 17.1. The smallest absolute Gasteiger partial charge is 0.213 e. The number of nitrogens with one attached hydrogen (secondary N) is 2. The van der Waals surface area contributed by atoms with Crippen LogP contribution in [0.2, 0.25) is 0 Å². The van der Waals surface area contributed by atoms with Gasteiger partial charge >= 0.3 is 0 Å². The minimum atomic E-state index is -0.609. The summed E-state index contributed by atoms with van der Waals surface area (Å²) in [5.74, 6) is 0.126. The lowest BCUT2D eigenvalue weighted by molar-refractivity contribution is 0.477. The Labute approximate surface area is 210 Å². The molecule has 0 fully saturated rings. The normalized spacial score (nSPS) is 15.2. The van der Waals surface area contributed by atoms with Crippen molar-refractivity contribution < 1.29 is 9.13 Å². The number of nitrogens with two attached hydrogens (primary N) is 1. The fourth-order valence-corrected chi connectivity index (χ4v) is 4.58. The van der Waals surface area contributed by atoms with Crippen LogP contribution >= 0.6 is 23.7 Å². The van der Waals surface area contributed by atoms with E-state index in [-0.39, 0.29) is 5.50 Å². The van der Waals surface area contributed by atoms with Crippen LogP contribution in [0, 0.1) is 17.3 Å². The molecule has 35 heavy (non-hydrogen) atoms. The highest BCUT2D eigenvalue weighted by molar-refractivity contribution is 8.04. The van der Waals surface area contributed by atoms with Crippen molar-refractivity contribution >= 4 is 29.4 Å². The summed E-state index contributed by atoms with van der Waals surface area (Å²) in [4.78, 5) is 13.3. The maximum Gasteiger partial charge on any atom is 0.213 e. The van der Waals surface area contributed by atoms with E-state index in [1.165, 1.54) is 30.4 Å². The Balaban J connectivity index is 1.65. The number of ether oxygens (including phenoxy) is 1. The van der Waals surface area contributed by atoms with Gasteiger partial charge in [-0.3, -0.25) is 4.99 Å². The molecule has 4 N–H and O–H groups in total. The van der Waals surface area contributed by atoms with Crippen molar-refractivity contribution in [3.8, 4) is 28.8 Å². The number of nitriles is 1. The molecule has 0 bridgehead atoms. The Hall–Kier alpha value is -3.85. The van der Waals surface area contributed by atoms with Gasteiger partial charge in [0.05, 0.1) is 17.0 Å².